The molecule has 0 aliphatic carbocycles. The highest BCUT2D eigenvalue weighted by atomic mass is 16.7. The average Bonchev–Trinajstić information content (AvgIpc) is 3.01. The smallest absolute Gasteiger partial charge is 0.158 e. The maximum atomic E-state index is 6.06. The summed E-state index contributed by atoms with van der Waals surface area (Å²) >= 11 is 0. The Bertz CT molecular complexity index is 503. The third-order valence-electron chi connectivity index (χ3n) is 4.87. The Balaban J connectivity index is 1.41. The summed E-state index contributed by atoms with van der Waals surface area (Å²) in [7, 11) is 0. The van der Waals surface area contributed by atoms with E-state index in [9.17, 15) is 0 Å². The van der Waals surface area contributed by atoms with Crippen LogP contribution in [0.3, 0.4) is 0 Å². The van der Waals surface area contributed by atoms with Crippen LogP contribution in [-0.4, -0.2) is 56.7 Å². The molecule has 1 aromatic rings. The fraction of sp³-hybridized carbons (Fsp3) is 0.700. The normalized spacial score (nSPS) is 26.0. The van der Waals surface area contributed by atoms with Crippen molar-refractivity contribution < 1.29 is 14.2 Å². The van der Waals surface area contributed by atoms with Crippen LogP contribution in [0.1, 0.15) is 38.3 Å². The van der Waals surface area contributed by atoms with Gasteiger partial charge in [0.1, 0.15) is 0 Å². The second-order valence-electron chi connectivity index (χ2n) is 7.92. The Hall–Kier alpha value is -0.940. The van der Waals surface area contributed by atoms with Crippen molar-refractivity contribution in [2.45, 2.75) is 51.4 Å². The van der Waals surface area contributed by atoms with Crippen molar-refractivity contribution in [1.29, 1.82) is 0 Å². The van der Waals surface area contributed by atoms with Gasteiger partial charge in [-0.2, -0.15) is 0 Å². The molecule has 0 bridgehead atoms. The van der Waals surface area contributed by atoms with Crippen molar-refractivity contribution in [2.24, 2.45) is 0 Å². The van der Waals surface area contributed by atoms with Crippen molar-refractivity contribution in [3.63, 3.8) is 0 Å². The van der Waals surface area contributed by atoms with Gasteiger partial charge < -0.3 is 14.2 Å². The summed E-state index contributed by atoms with van der Waals surface area (Å²) < 4.78 is 17.3. The zero-order valence-electron chi connectivity index (χ0n) is 15.3. The van der Waals surface area contributed by atoms with E-state index in [1.54, 1.807) is 0 Å². The molecular formula is C20H31NO3. The van der Waals surface area contributed by atoms with Gasteiger partial charge in [-0.3, -0.25) is 4.90 Å². The predicted octanol–water partition coefficient (Wildman–Crippen LogP) is 2.99. The van der Waals surface area contributed by atoms with Crippen LogP contribution >= 0.6 is 0 Å². The molecule has 2 atom stereocenters. The Labute approximate surface area is 146 Å². The molecule has 2 fully saturated rings. The quantitative estimate of drug-likeness (QED) is 0.829. The summed E-state index contributed by atoms with van der Waals surface area (Å²) in [5.74, 6) is 0. The molecule has 2 aliphatic heterocycles. The van der Waals surface area contributed by atoms with Gasteiger partial charge in [0.2, 0.25) is 0 Å². The lowest BCUT2D eigenvalue weighted by molar-refractivity contribution is -0.0693. The van der Waals surface area contributed by atoms with Gasteiger partial charge in [-0.15, -0.1) is 0 Å². The maximum Gasteiger partial charge on any atom is 0.158 e. The van der Waals surface area contributed by atoms with Crippen LogP contribution in [0.15, 0.2) is 24.3 Å². The first-order valence-corrected chi connectivity index (χ1v) is 9.17. The standard InChI is InChI=1S/C20H31NO3/c1-20(2,3)17-7-4-16(5-8-17)6-9-19-23-15-18(24-19)14-21-10-12-22-13-11-21/h4-5,7-8,18-19H,6,9-15H2,1-3H3/t18-,19+/m1/s1. The average molecular weight is 333 g/mol. The van der Waals surface area contributed by atoms with E-state index < -0.39 is 0 Å². The second kappa shape index (κ2) is 7.96. The highest BCUT2D eigenvalue weighted by Crippen LogP contribution is 2.23. The summed E-state index contributed by atoms with van der Waals surface area (Å²) in [5.41, 5.74) is 2.94. The molecule has 0 N–H and O–H groups in total. The first kappa shape index (κ1) is 17.9. The molecule has 2 aliphatic rings. The number of hydrogen-bond donors (Lipinski definition) is 0. The third kappa shape index (κ3) is 5.03. The lowest BCUT2D eigenvalue weighted by Crippen LogP contribution is -2.41. The molecule has 4 nitrogen and oxygen atoms in total. The van der Waals surface area contributed by atoms with Crippen molar-refractivity contribution in [1.82, 2.24) is 4.90 Å². The molecule has 1 aromatic carbocycles. The van der Waals surface area contributed by atoms with Crippen LogP contribution in [0.2, 0.25) is 0 Å². The van der Waals surface area contributed by atoms with Gasteiger partial charge in [-0.1, -0.05) is 45.0 Å². The molecule has 2 saturated heterocycles. The SMILES string of the molecule is CC(C)(C)c1ccc(CC[C@H]2OC[C@@H](CN3CCOCC3)O2)cc1. The van der Waals surface area contributed by atoms with E-state index in [0.717, 1.165) is 45.7 Å². The molecule has 0 amide bonds. The largest absolute Gasteiger partial charge is 0.379 e. The molecule has 0 unspecified atom stereocenters. The summed E-state index contributed by atoms with van der Waals surface area (Å²) in [5, 5.41) is 0. The molecule has 134 valence electrons. The summed E-state index contributed by atoms with van der Waals surface area (Å²) in [6.07, 6.45) is 2.07. The van der Waals surface area contributed by atoms with Crippen LogP contribution in [0.4, 0.5) is 0 Å². The maximum absolute atomic E-state index is 6.06. The topological polar surface area (TPSA) is 30.9 Å². The van der Waals surface area contributed by atoms with Crippen LogP contribution < -0.4 is 0 Å². The van der Waals surface area contributed by atoms with E-state index >= 15 is 0 Å². The number of benzene rings is 1. The van der Waals surface area contributed by atoms with Gasteiger partial charge >= 0.3 is 0 Å². The van der Waals surface area contributed by atoms with Crippen LogP contribution in [0.5, 0.6) is 0 Å². The molecule has 0 radical (unpaired) electrons. The number of aryl methyl sites for hydroxylation is 1. The van der Waals surface area contributed by atoms with E-state index in [-0.39, 0.29) is 17.8 Å². The Morgan fingerprint density at radius 3 is 2.46 bits per heavy atom. The lowest BCUT2D eigenvalue weighted by Gasteiger charge is -2.28. The first-order chi connectivity index (χ1) is 11.5. The van der Waals surface area contributed by atoms with E-state index in [0.29, 0.717) is 6.61 Å². The second-order valence-corrected chi connectivity index (χ2v) is 7.92. The van der Waals surface area contributed by atoms with E-state index in [2.05, 4.69) is 49.9 Å². The van der Waals surface area contributed by atoms with E-state index in [1.807, 2.05) is 0 Å². The zero-order valence-corrected chi connectivity index (χ0v) is 15.3. The molecule has 2 heterocycles. The van der Waals surface area contributed by atoms with Crippen LogP contribution in [-0.2, 0) is 26.0 Å². The Morgan fingerprint density at radius 2 is 1.79 bits per heavy atom. The summed E-state index contributed by atoms with van der Waals surface area (Å²) in [6.45, 7) is 12.1. The number of rotatable bonds is 5. The number of morpholine rings is 1. The van der Waals surface area contributed by atoms with Gasteiger partial charge in [0.15, 0.2) is 6.29 Å². The zero-order chi connectivity index (χ0) is 17.0. The summed E-state index contributed by atoms with van der Waals surface area (Å²) in [6, 6.07) is 8.96. The summed E-state index contributed by atoms with van der Waals surface area (Å²) in [4.78, 5) is 2.41. The molecule has 0 spiro atoms. The molecule has 4 heteroatoms. The highest BCUT2D eigenvalue weighted by Gasteiger charge is 2.28. The molecule has 0 aromatic heterocycles. The number of ether oxygens (including phenoxy) is 3. The molecular weight excluding hydrogens is 302 g/mol. The Morgan fingerprint density at radius 1 is 1.08 bits per heavy atom. The fourth-order valence-corrected chi connectivity index (χ4v) is 3.28. The van der Waals surface area contributed by atoms with Gasteiger partial charge in [-0.25, -0.2) is 0 Å². The predicted molar refractivity (Wildman–Crippen MR) is 95.3 cm³/mol. The van der Waals surface area contributed by atoms with E-state index in [1.165, 1.54) is 11.1 Å². The fourth-order valence-electron chi connectivity index (χ4n) is 3.28. The van der Waals surface area contributed by atoms with Crippen molar-refractivity contribution in [3.05, 3.63) is 35.4 Å². The van der Waals surface area contributed by atoms with E-state index in [4.69, 9.17) is 14.2 Å². The van der Waals surface area contributed by atoms with Gasteiger partial charge in [-0.05, 0) is 23.0 Å². The van der Waals surface area contributed by atoms with Crippen molar-refractivity contribution in [2.75, 3.05) is 39.5 Å². The molecule has 0 saturated carbocycles. The van der Waals surface area contributed by atoms with Gasteiger partial charge in [0.05, 0.1) is 25.9 Å². The lowest BCUT2D eigenvalue weighted by atomic mass is 9.86. The van der Waals surface area contributed by atoms with Gasteiger partial charge in [0, 0.05) is 26.1 Å². The minimum Gasteiger partial charge on any atom is -0.379 e. The van der Waals surface area contributed by atoms with Crippen LogP contribution in [0, 0.1) is 0 Å². The number of hydrogen-bond acceptors (Lipinski definition) is 4. The minimum absolute atomic E-state index is 0.0571. The third-order valence-corrected chi connectivity index (χ3v) is 4.87. The highest BCUT2D eigenvalue weighted by molar-refractivity contribution is 5.27. The minimum atomic E-state index is -0.0571. The van der Waals surface area contributed by atoms with Crippen molar-refractivity contribution in [3.8, 4) is 0 Å². The molecule has 24 heavy (non-hydrogen) atoms. The monoisotopic (exact) mass is 333 g/mol. The van der Waals surface area contributed by atoms with Crippen LogP contribution in [0.25, 0.3) is 0 Å². The first-order valence-electron chi connectivity index (χ1n) is 9.17. The van der Waals surface area contributed by atoms with Crippen molar-refractivity contribution >= 4 is 0 Å². The Kier molecular flexibility index (Phi) is 5.93. The molecule has 3 rings (SSSR count). The van der Waals surface area contributed by atoms with Gasteiger partial charge in [0.25, 0.3) is 0 Å². The number of nitrogens with zero attached hydrogens (tertiary/aromatic N) is 1.